The molecule has 16 heavy (non-hydrogen) atoms. The second kappa shape index (κ2) is 5.03. The van der Waals surface area contributed by atoms with Gasteiger partial charge in [0.05, 0.1) is 5.56 Å². The van der Waals surface area contributed by atoms with Gasteiger partial charge in [0.15, 0.2) is 0 Å². The monoisotopic (exact) mass is 231 g/mol. The zero-order valence-electron chi connectivity index (χ0n) is 8.46. The first-order chi connectivity index (χ1) is 7.45. The van der Waals surface area contributed by atoms with Crippen molar-refractivity contribution >= 4 is 11.8 Å². The summed E-state index contributed by atoms with van der Waals surface area (Å²) in [7, 11) is 0. The first kappa shape index (κ1) is 12.6. The molecule has 2 nitrogen and oxygen atoms in total. The predicted molar refractivity (Wildman–Crippen MR) is 56.6 cm³/mol. The van der Waals surface area contributed by atoms with Crippen LogP contribution >= 0.6 is 0 Å². The normalized spacial score (nSPS) is 12.2. The lowest BCUT2D eigenvalue weighted by Crippen LogP contribution is -2.08. The van der Waals surface area contributed by atoms with E-state index in [-0.39, 0.29) is 17.9 Å². The molecule has 0 saturated carbocycles. The molecule has 3 N–H and O–H groups in total. The van der Waals surface area contributed by atoms with Crippen molar-refractivity contribution in [1.82, 2.24) is 0 Å². The van der Waals surface area contributed by atoms with E-state index in [1.54, 1.807) is 0 Å². The lowest BCUT2D eigenvalue weighted by Gasteiger charge is -2.10. The summed E-state index contributed by atoms with van der Waals surface area (Å²) in [6, 6.07) is 3.62. The van der Waals surface area contributed by atoms with Crippen molar-refractivity contribution in [2.75, 3.05) is 12.3 Å². The minimum absolute atomic E-state index is 0.0511. The zero-order chi connectivity index (χ0) is 12.2. The molecule has 0 heterocycles. The quantitative estimate of drug-likeness (QED) is 0.785. The van der Waals surface area contributed by atoms with Crippen molar-refractivity contribution in [2.24, 2.45) is 0 Å². The molecule has 0 bridgehead atoms. The van der Waals surface area contributed by atoms with Gasteiger partial charge in [-0.2, -0.15) is 13.2 Å². The van der Waals surface area contributed by atoms with Gasteiger partial charge < -0.3 is 10.8 Å². The predicted octanol–water partition coefficient (Wildman–Crippen LogP) is 2.68. The number of hydrogen-bond donors (Lipinski definition) is 2. The molecule has 88 valence electrons. The number of halogens is 3. The van der Waals surface area contributed by atoms with E-state index in [1.807, 2.05) is 0 Å². The Morgan fingerprint density at radius 1 is 1.31 bits per heavy atom. The van der Waals surface area contributed by atoms with Crippen molar-refractivity contribution in [3.63, 3.8) is 0 Å². The van der Waals surface area contributed by atoms with Gasteiger partial charge >= 0.3 is 6.18 Å². The molecule has 1 aromatic rings. The van der Waals surface area contributed by atoms with E-state index < -0.39 is 11.7 Å². The molecular weight excluding hydrogens is 219 g/mol. The van der Waals surface area contributed by atoms with E-state index in [4.69, 9.17) is 10.8 Å². The smallest absolute Gasteiger partial charge is 0.399 e. The summed E-state index contributed by atoms with van der Waals surface area (Å²) in [4.78, 5) is 0. The van der Waals surface area contributed by atoms with Gasteiger partial charge in [0.1, 0.15) is 0 Å². The summed E-state index contributed by atoms with van der Waals surface area (Å²) < 4.78 is 37.8. The Morgan fingerprint density at radius 2 is 2.00 bits per heavy atom. The second-order valence-electron chi connectivity index (χ2n) is 3.26. The fourth-order valence-electron chi connectivity index (χ4n) is 1.25. The highest BCUT2D eigenvalue weighted by Gasteiger charge is 2.32. The summed E-state index contributed by atoms with van der Waals surface area (Å²) >= 11 is 0. The number of alkyl halides is 3. The third-order valence-corrected chi connectivity index (χ3v) is 1.98. The Hall–Kier alpha value is -1.49. The molecule has 0 aromatic heterocycles. The molecule has 0 fully saturated rings. The van der Waals surface area contributed by atoms with E-state index in [0.717, 1.165) is 6.07 Å². The average molecular weight is 231 g/mol. The van der Waals surface area contributed by atoms with Crippen molar-refractivity contribution in [3.05, 3.63) is 35.4 Å². The van der Waals surface area contributed by atoms with Gasteiger partial charge in [-0.3, -0.25) is 0 Å². The highest BCUT2D eigenvalue weighted by molar-refractivity contribution is 5.59. The molecule has 1 aromatic carbocycles. The van der Waals surface area contributed by atoms with Crippen LogP contribution in [0.15, 0.2) is 24.3 Å². The minimum Gasteiger partial charge on any atom is -0.399 e. The molecule has 0 aliphatic carbocycles. The third kappa shape index (κ3) is 3.27. The lowest BCUT2D eigenvalue weighted by molar-refractivity contribution is -0.137. The summed E-state index contributed by atoms with van der Waals surface area (Å²) in [5.41, 5.74) is 4.68. The van der Waals surface area contributed by atoms with E-state index >= 15 is 0 Å². The van der Waals surface area contributed by atoms with Crippen LogP contribution in [0, 0.1) is 0 Å². The van der Waals surface area contributed by atoms with E-state index in [2.05, 4.69) is 0 Å². The summed E-state index contributed by atoms with van der Waals surface area (Å²) in [5, 5.41) is 8.52. The molecule has 0 aliphatic heterocycles. The second-order valence-corrected chi connectivity index (χ2v) is 3.26. The van der Waals surface area contributed by atoms with Gasteiger partial charge in [0.2, 0.25) is 0 Å². The van der Waals surface area contributed by atoms with Crippen molar-refractivity contribution in [3.8, 4) is 0 Å². The number of aliphatic hydroxyl groups is 1. The molecule has 0 spiro atoms. The maximum Gasteiger partial charge on any atom is 0.417 e. The molecule has 0 aliphatic rings. The van der Waals surface area contributed by atoms with Crippen molar-refractivity contribution in [2.45, 2.75) is 12.6 Å². The van der Waals surface area contributed by atoms with Gasteiger partial charge in [-0.25, -0.2) is 0 Å². The van der Waals surface area contributed by atoms with Crippen LogP contribution in [0.2, 0.25) is 0 Å². The largest absolute Gasteiger partial charge is 0.417 e. The molecular formula is C11H12F3NO. The number of aliphatic hydroxyl groups excluding tert-OH is 1. The van der Waals surface area contributed by atoms with Crippen LogP contribution in [0.5, 0.6) is 0 Å². The van der Waals surface area contributed by atoms with Crippen molar-refractivity contribution < 1.29 is 18.3 Å². The number of rotatable bonds is 3. The van der Waals surface area contributed by atoms with Crippen LogP contribution in [0.25, 0.3) is 6.08 Å². The Kier molecular flexibility index (Phi) is 3.95. The molecule has 0 saturated heterocycles. The summed E-state index contributed by atoms with van der Waals surface area (Å²) in [5.74, 6) is 0. The van der Waals surface area contributed by atoms with Crippen molar-refractivity contribution in [1.29, 1.82) is 0 Å². The number of benzene rings is 1. The Morgan fingerprint density at radius 3 is 2.56 bits per heavy atom. The standard InChI is InChI=1S/C11H12F3NO/c12-11(13,14)10-7-9(15)5-4-8(10)3-1-2-6-16/h1,3-5,7,16H,2,6,15H2. The molecule has 0 radical (unpaired) electrons. The average Bonchev–Trinajstić information content (AvgIpc) is 2.19. The van der Waals surface area contributed by atoms with Gasteiger partial charge in [-0.15, -0.1) is 0 Å². The van der Waals surface area contributed by atoms with Crippen LogP contribution < -0.4 is 5.73 Å². The van der Waals surface area contributed by atoms with Gasteiger partial charge in [0, 0.05) is 12.3 Å². The maximum atomic E-state index is 12.6. The first-order valence-corrected chi connectivity index (χ1v) is 4.69. The van der Waals surface area contributed by atoms with E-state index in [0.29, 0.717) is 6.42 Å². The third-order valence-electron chi connectivity index (χ3n) is 1.98. The van der Waals surface area contributed by atoms with E-state index in [9.17, 15) is 13.2 Å². The number of anilines is 1. The Bertz CT molecular complexity index is 385. The fourth-order valence-corrected chi connectivity index (χ4v) is 1.25. The van der Waals surface area contributed by atoms with Crippen LogP contribution in [0.1, 0.15) is 17.5 Å². The zero-order valence-corrected chi connectivity index (χ0v) is 8.46. The molecule has 1 rings (SSSR count). The number of nitrogens with two attached hydrogens (primary N) is 1. The van der Waals surface area contributed by atoms with E-state index in [1.165, 1.54) is 24.3 Å². The molecule has 0 amide bonds. The molecule has 5 heteroatoms. The fraction of sp³-hybridized carbons (Fsp3) is 0.273. The van der Waals surface area contributed by atoms with Gasteiger partial charge in [-0.05, 0) is 24.1 Å². The van der Waals surface area contributed by atoms with Gasteiger partial charge in [0.25, 0.3) is 0 Å². The number of nitrogen functional groups attached to an aromatic ring is 1. The van der Waals surface area contributed by atoms with Gasteiger partial charge in [-0.1, -0.05) is 18.2 Å². The first-order valence-electron chi connectivity index (χ1n) is 4.69. The maximum absolute atomic E-state index is 12.6. The number of hydrogen-bond acceptors (Lipinski definition) is 2. The summed E-state index contributed by atoms with van der Waals surface area (Å²) in [6.07, 6.45) is -1.28. The van der Waals surface area contributed by atoms with Crippen LogP contribution in [-0.4, -0.2) is 11.7 Å². The molecule has 0 unspecified atom stereocenters. The van der Waals surface area contributed by atoms with Crippen LogP contribution in [-0.2, 0) is 6.18 Å². The highest BCUT2D eigenvalue weighted by atomic mass is 19.4. The van der Waals surface area contributed by atoms with Crippen LogP contribution in [0.3, 0.4) is 0 Å². The van der Waals surface area contributed by atoms with Crippen LogP contribution in [0.4, 0.5) is 18.9 Å². The minimum atomic E-state index is -4.42. The topological polar surface area (TPSA) is 46.2 Å². The highest BCUT2D eigenvalue weighted by Crippen LogP contribution is 2.33. The summed E-state index contributed by atoms with van der Waals surface area (Å²) in [6.45, 7) is -0.0905. The Labute approximate surface area is 91.2 Å². The Balaban J connectivity index is 3.08. The molecule has 0 atom stereocenters. The SMILES string of the molecule is Nc1ccc(C=CCCO)c(C(F)(F)F)c1. The lowest BCUT2D eigenvalue weighted by atomic mass is 10.1.